The fourth-order valence-corrected chi connectivity index (χ4v) is 3.73. The maximum atomic E-state index is 14.3. The maximum absolute atomic E-state index is 14.3. The number of rotatable bonds is 10. The molecule has 0 aromatic carbocycles. The van der Waals surface area contributed by atoms with Gasteiger partial charge in [-0.1, -0.05) is 6.08 Å². The fraction of sp³-hybridized carbons (Fsp3) is 0.407. The van der Waals surface area contributed by atoms with Crippen LogP contribution in [0.15, 0.2) is 41.5 Å². The van der Waals surface area contributed by atoms with Gasteiger partial charge in [-0.05, 0) is 56.2 Å². The van der Waals surface area contributed by atoms with Gasteiger partial charge in [-0.2, -0.15) is 0 Å². The molecule has 3 aromatic rings. The van der Waals surface area contributed by atoms with Crippen molar-refractivity contribution in [1.29, 1.82) is 0 Å². The summed E-state index contributed by atoms with van der Waals surface area (Å²) in [6.45, 7) is 0.101. The second-order valence-corrected chi connectivity index (χ2v) is 9.56. The molecule has 13 heteroatoms. The average molecular weight is 556 g/mol. The number of carbonyl (C=O) groups is 3. The number of amides is 3. The molecule has 1 saturated carbocycles. The number of pyridine rings is 2. The largest absolute Gasteiger partial charge is 0.453 e. The maximum Gasteiger partial charge on any atom is 0.404 e. The van der Waals surface area contributed by atoms with Gasteiger partial charge in [0.25, 0.3) is 5.56 Å². The summed E-state index contributed by atoms with van der Waals surface area (Å²) in [5, 5.41) is 2.66. The van der Waals surface area contributed by atoms with E-state index < -0.39 is 11.9 Å². The first-order valence-corrected chi connectivity index (χ1v) is 12.8. The summed E-state index contributed by atoms with van der Waals surface area (Å²) in [6.07, 6.45) is 9.68. The highest BCUT2D eigenvalue weighted by atomic mass is 19.1. The van der Waals surface area contributed by atoms with Crippen LogP contribution in [0.1, 0.15) is 43.6 Å². The van der Waals surface area contributed by atoms with E-state index in [1.165, 1.54) is 28.8 Å². The number of ether oxygens (including phenoxy) is 1. The van der Waals surface area contributed by atoms with E-state index in [4.69, 9.17) is 0 Å². The smallest absolute Gasteiger partial charge is 0.404 e. The van der Waals surface area contributed by atoms with Crippen LogP contribution in [0.5, 0.6) is 0 Å². The summed E-state index contributed by atoms with van der Waals surface area (Å²) < 4.78 is 19.6. The number of carbonyl (C=O) groups excluding carboxylic acids is 3. The first-order chi connectivity index (χ1) is 19.1. The Bertz CT molecular complexity index is 1440. The van der Waals surface area contributed by atoms with Crippen LogP contribution in [0, 0.1) is 11.7 Å². The molecule has 0 unspecified atom stereocenters. The summed E-state index contributed by atoms with van der Waals surface area (Å²) in [5.41, 5.74) is 5.80. The number of hydrogen-bond donors (Lipinski definition) is 3. The second-order valence-electron chi connectivity index (χ2n) is 9.56. The Morgan fingerprint density at radius 1 is 1.32 bits per heavy atom. The molecule has 0 saturated heterocycles. The van der Waals surface area contributed by atoms with E-state index in [0.717, 1.165) is 25.0 Å². The van der Waals surface area contributed by atoms with Gasteiger partial charge in [0.05, 0.1) is 31.1 Å². The lowest BCUT2D eigenvalue weighted by Crippen LogP contribution is -2.26. The first-order valence-electron chi connectivity index (χ1n) is 12.8. The number of nitrogens with zero attached hydrogens (tertiary/aromatic N) is 4. The molecule has 0 aliphatic heterocycles. The van der Waals surface area contributed by atoms with Gasteiger partial charge >= 0.3 is 6.09 Å². The van der Waals surface area contributed by atoms with Gasteiger partial charge in [-0.3, -0.25) is 19.4 Å². The molecule has 1 aliphatic rings. The number of nitrogens with two attached hydrogens (primary N) is 1. The van der Waals surface area contributed by atoms with Gasteiger partial charge in [-0.25, -0.2) is 14.2 Å². The van der Waals surface area contributed by atoms with E-state index >= 15 is 0 Å². The number of unbranched alkanes of at least 4 members (excludes halogenated alkanes) is 1. The molecule has 4 N–H and O–H groups in total. The summed E-state index contributed by atoms with van der Waals surface area (Å²) in [6, 6.07) is 3.21. The van der Waals surface area contributed by atoms with Crippen LogP contribution in [0.4, 0.5) is 14.9 Å². The molecule has 4 rings (SSSR count). The number of aromatic nitrogens is 4. The van der Waals surface area contributed by atoms with Crippen LogP contribution in [0.25, 0.3) is 11.0 Å². The molecule has 0 radical (unpaired) electrons. The zero-order valence-electron chi connectivity index (χ0n) is 22.8. The molecule has 0 spiro atoms. The monoisotopic (exact) mass is 555 g/mol. The van der Waals surface area contributed by atoms with Crippen LogP contribution < -0.4 is 16.6 Å². The van der Waals surface area contributed by atoms with Crippen molar-refractivity contribution in [3.63, 3.8) is 0 Å². The highest BCUT2D eigenvalue weighted by Crippen LogP contribution is 2.33. The van der Waals surface area contributed by atoms with E-state index in [1.54, 1.807) is 38.5 Å². The van der Waals surface area contributed by atoms with Crippen molar-refractivity contribution < 1.29 is 23.5 Å². The zero-order valence-corrected chi connectivity index (χ0v) is 22.8. The number of nitrogens with one attached hydrogen (secondary N) is 2. The Labute approximate surface area is 230 Å². The van der Waals surface area contributed by atoms with E-state index in [1.807, 2.05) is 0 Å². The number of imidazole rings is 1. The number of halogens is 1. The Morgan fingerprint density at radius 3 is 2.70 bits per heavy atom. The number of methoxy groups -OCH3 is 1. The third kappa shape index (κ3) is 8.75. The van der Waals surface area contributed by atoms with Crippen molar-refractivity contribution in [2.45, 2.75) is 45.1 Å². The molecule has 0 atom stereocenters. The van der Waals surface area contributed by atoms with Crippen LogP contribution in [0.2, 0.25) is 0 Å². The van der Waals surface area contributed by atoms with Crippen LogP contribution >= 0.6 is 0 Å². The van der Waals surface area contributed by atoms with Crippen LogP contribution in [0.3, 0.4) is 0 Å². The molecule has 3 heterocycles. The Kier molecular flexibility index (Phi) is 10.5. The van der Waals surface area contributed by atoms with Gasteiger partial charge in [0.15, 0.2) is 5.82 Å². The molecule has 214 valence electrons. The first kappa shape index (κ1) is 30.0. The molecule has 12 nitrogen and oxygen atoms in total. The van der Waals surface area contributed by atoms with Crippen LogP contribution in [-0.2, 0) is 27.3 Å². The number of hydrogen-bond acceptors (Lipinski definition) is 7. The average Bonchev–Trinajstić information content (AvgIpc) is 3.63. The summed E-state index contributed by atoms with van der Waals surface area (Å²) >= 11 is 0. The predicted octanol–water partition coefficient (Wildman–Crippen LogP) is 2.72. The number of anilines is 1. The number of allylic oxidation sites excluding steroid dienone is 1. The van der Waals surface area contributed by atoms with Crippen molar-refractivity contribution in [2.75, 3.05) is 26.5 Å². The Hall–Kier alpha value is -4.55. The quantitative estimate of drug-likeness (QED) is 0.256. The Morgan fingerprint density at radius 2 is 2.05 bits per heavy atom. The van der Waals surface area contributed by atoms with Gasteiger partial charge in [0.2, 0.25) is 11.8 Å². The van der Waals surface area contributed by atoms with E-state index in [9.17, 15) is 23.6 Å². The van der Waals surface area contributed by atoms with Crippen molar-refractivity contribution in [1.82, 2.24) is 24.4 Å². The fourth-order valence-electron chi connectivity index (χ4n) is 3.73. The lowest BCUT2D eigenvalue weighted by atomic mass is 10.2. The number of aromatic amines is 1. The van der Waals surface area contributed by atoms with Crippen molar-refractivity contribution in [3.8, 4) is 0 Å². The minimum absolute atomic E-state index is 0.101. The van der Waals surface area contributed by atoms with E-state index in [-0.39, 0.29) is 41.5 Å². The lowest BCUT2D eigenvalue weighted by Gasteiger charge is -2.08. The third-order valence-corrected chi connectivity index (χ3v) is 6.07. The molecule has 3 aromatic heterocycles. The van der Waals surface area contributed by atoms with E-state index in [2.05, 4.69) is 30.7 Å². The molecule has 1 aliphatic carbocycles. The van der Waals surface area contributed by atoms with Crippen molar-refractivity contribution in [3.05, 3.63) is 64.4 Å². The third-order valence-electron chi connectivity index (χ3n) is 6.07. The highest BCUT2D eigenvalue weighted by molar-refractivity contribution is 5.90. The minimum atomic E-state index is -0.745. The van der Waals surface area contributed by atoms with E-state index in [0.29, 0.717) is 30.1 Å². The predicted molar refractivity (Wildman–Crippen MR) is 147 cm³/mol. The minimum Gasteiger partial charge on any atom is -0.453 e. The normalized spacial score (nSPS) is 12.6. The number of likely N-dealkylation sites (N-methyl/N-ethyl adjacent to an activating group) is 1. The summed E-state index contributed by atoms with van der Waals surface area (Å²) in [4.78, 5) is 59.3. The van der Waals surface area contributed by atoms with Crippen molar-refractivity contribution in [2.24, 2.45) is 11.7 Å². The number of primary amides is 1. The lowest BCUT2D eigenvalue weighted by molar-refractivity contribution is -0.123. The molecular weight excluding hydrogens is 521 g/mol. The molecular formula is C27H34FN7O5. The Balaban J connectivity index is 0.000000810. The molecule has 40 heavy (non-hydrogen) atoms. The van der Waals surface area contributed by atoms with Gasteiger partial charge < -0.3 is 30.2 Å². The van der Waals surface area contributed by atoms with Crippen molar-refractivity contribution >= 4 is 34.6 Å². The standard InChI is InChI=1S/C25H29FN6O3.C2H5NO2/c1-31(2)22(34)9-5-3-4-8-21(33)28-18-7-6-12-32(25(18)35)15-20-29-23-17(26)14-27-19(24(23)30-20)13-16-10-11-16;1-5-2(3)4/h5-7,9,12,14,16H,3-4,8,10-11,13,15H2,1-2H3,(H,28,33)(H,29,30);1H3,(H2,3,4)/b9-5+;. The molecule has 1 fully saturated rings. The molecule has 0 bridgehead atoms. The SMILES string of the molecule is CN(C)C(=O)/C=C/CCCC(=O)Nc1cccn(Cc2nc3c(F)cnc(CC4CC4)c3[nH]2)c1=O.COC(N)=O. The van der Waals surface area contributed by atoms with Crippen LogP contribution in [-0.4, -0.2) is 63.5 Å². The topological polar surface area (TPSA) is 165 Å². The van der Waals surface area contributed by atoms with Gasteiger partial charge in [0, 0.05) is 26.7 Å². The van der Waals surface area contributed by atoms with Gasteiger partial charge in [-0.15, -0.1) is 0 Å². The zero-order chi connectivity index (χ0) is 29.2. The number of fused-ring (bicyclic) bond motifs is 1. The summed E-state index contributed by atoms with van der Waals surface area (Å²) in [7, 11) is 4.56. The highest BCUT2D eigenvalue weighted by Gasteiger charge is 2.24. The molecule has 3 amide bonds. The summed E-state index contributed by atoms with van der Waals surface area (Å²) in [5.74, 6) is 0.128. The second kappa shape index (κ2) is 14.0. The number of H-pyrrole nitrogens is 1. The van der Waals surface area contributed by atoms with Gasteiger partial charge in [0.1, 0.15) is 17.0 Å².